The molecule has 0 spiro atoms. The number of aryl methyl sites for hydroxylation is 1. The van der Waals surface area contributed by atoms with Crippen LogP contribution in [-0.2, 0) is 0 Å². The van der Waals surface area contributed by atoms with Crippen LogP contribution in [0.15, 0.2) is 48.5 Å². The normalized spacial score (nSPS) is 12.2. The average molecular weight is 228 g/mol. The summed E-state index contributed by atoms with van der Waals surface area (Å²) in [4.78, 5) is 0. The van der Waals surface area contributed by atoms with E-state index < -0.39 is 6.10 Å². The zero-order chi connectivity index (χ0) is 12.3. The van der Waals surface area contributed by atoms with Gasteiger partial charge in [-0.2, -0.15) is 0 Å². The minimum Gasteiger partial charge on any atom is -0.457 e. The predicted octanol–water partition coefficient (Wildman–Crippen LogP) is 3.84. The highest BCUT2D eigenvalue weighted by Crippen LogP contribution is 2.29. The highest BCUT2D eigenvalue weighted by molar-refractivity contribution is 5.39. The highest BCUT2D eigenvalue weighted by atomic mass is 16.5. The van der Waals surface area contributed by atoms with Gasteiger partial charge < -0.3 is 9.84 Å². The Morgan fingerprint density at radius 1 is 1.00 bits per heavy atom. The Labute approximate surface area is 101 Å². The molecule has 0 aliphatic heterocycles. The molecule has 88 valence electrons. The SMILES string of the molecule is Cc1ccc(Oc2ccccc2C(C)O)cc1. The third-order valence-corrected chi connectivity index (χ3v) is 2.62. The van der Waals surface area contributed by atoms with E-state index in [2.05, 4.69) is 0 Å². The topological polar surface area (TPSA) is 29.5 Å². The third-order valence-electron chi connectivity index (χ3n) is 2.62. The van der Waals surface area contributed by atoms with Crippen LogP contribution in [-0.4, -0.2) is 5.11 Å². The van der Waals surface area contributed by atoms with Crippen LogP contribution in [0.5, 0.6) is 11.5 Å². The van der Waals surface area contributed by atoms with Crippen molar-refractivity contribution < 1.29 is 9.84 Å². The second-order valence-electron chi connectivity index (χ2n) is 4.13. The van der Waals surface area contributed by atoms with Gasteiger partial charge >= 0.3 is 0 Å². The van der Waals surface area contributed by atoms with E-state index in [1.54, 1.807) is 6.92 Å². The molecule has 17 heavy (non-hydrogen) atoms. The van der Waals surface area contributed by atoms with E-state index in [-0.39, 0.29) is 0 Å². The van der Waals surface area contributed by atoms with Crippen LogP contribution in [0.1, 0.15) is 24.2 Å². The number of benzene rings is 2. The Kier molecular flexibility index (Phi) is 3.45. The molecule has 2 heteroatoms. The zero-order valence-corrected chi connectivity index (χ0v) is 10.1. The zero-order valence-electron chi connectivity index (χ0n) is 10.1. The van der Waals surface area contributed by atoms with E-state index in [1.165, 1.54) is 5.56 Å². The van der Waals surface area contributed by atoms with E-state index in [0.717, 1.165) is 11.3 Å². The van der Waals surface area contributed by atoms with Gasteiger partial charge in [0.1, 0.15) is 11.5 Å². The Morgan fingerprint density at radius 2 is 1.65 bits per heavy atom. The van der Waals surface area contributed by atoms with Crippen molar-refractivity contribution in [1.82, 2.24) is 0 Å². The van der Waals surface area contributed by atoms with E-state index in [1.807, 2.05) is 55.5 Å². The number of aliphatic hydroxyl groups is 1. The predicted molar refractivity (Wildman–Crippen MR) is 68.3 cm³/mol. The van der Waals surface area contributed by atoms with Gasteiger partial charge in [0.25, 0.3) is 0 Å². The van der Waals surface area contributed by atoms with Gasteiger partial charge in [-0.25, -0.2) is 0 Å². The van der Waals surface area contributed by atoms with Crippen LogP contribution < -0.4 is 4.74 Å². The van der Waals surface area contributed by atoms with Crippen molar-refractivity contribution >= 4 is 0 Å². The molecule has 2 aromatic carbocycles. The van der Waals surface area contributed by atoms with Crippen molar-refractivity contribution in [2.24, 2.45) is 0 Å². The molecular weight excluding hydrogens is 212 g/mol. The molecule has 0 aromatic heterocycles. The number of aliphatic hydroxyl groups excluding tert-OH is 1. The second kappa shape index (κ2) is 5.02. The quantitative estimate of drug-likeness (QED) is 0.864. The average Bonchev–Trinajstić information content (AvgIpc) is 2.32. The molecular formula is C15H16O2. The smallest absolute Gasteiger partial charge is 0.133 e. The van der Waals surface area contributed by atoms with E-state index in [9.17, 15) is 5.11 Å². The minimum absolute atomic E-state index is 0.531. The second-order valence-corrected chi connectivity index (χ2v) is 4.13. The van der Waals surface area contributed by atoms with Gasteiger partial charge in [0, 0.05) is 5.56 Å². The maximum Gasteiger partial charge on any atom is 0.133 e. The lowest BCUT2D eigenvalue weighted by molar-refractivity contribution is 0.195. The Balaban J connectivity index is 2.26. The van der Waals surface area contributed by atoms with Crippen LogP contribution in [0.3, 0.4) is 0 Å². The van der Waals surface area contributed by atoms with Gasteiger partial charge in [0.15, 0.2) is 0 Å². The summed E-state index contributed by atoms with van der Waals surface area (Å²) in [6.07, 6.45) is -0.531. The monoisotopic (exact) mass is 228 g/mol. The van der Waals surface area contributed by atoms with Gasteiger partial charge in [-0.15, -0.1) is 0 Å². The first-order chi connectivity index (χ1) is 8.16. The molecule has 0 fully saturated rings. The Bertz CT molecular complexity index is 487. The van der Waals surface area contributed by atoms with Crippen molar-refractivity contribution in [3.63, 3.8) is 0 Å². The molecule has 0 heterocycles. The summed E-state index contributed by atoms with van der Waals surface area (Å²) in [6, 6.07) is 15.4. The molecule has 0 aliphatic rings. The number of para-hydroxylation sites is 1. The Morgan fingerprint density at radius 3 is 2.29 bits per heavy atom. The lowest BCUT2D eigenvalue weighted by atomic mass is 10.1. The van der Waals surface area contributed by atoms with Gasteiger partial charge in [0.05, 0.1) is 6.10 Å². The molecule has 2 aromatic rings. The number of ether oxygens (including phenoxy) is 1. The summed E-state index contributed by atoms with van der Waals surface area (Å²) in [7, 11) is 0. The highest BCUT2D eigenvalue weighted by Gasteiger charge is 2.08. The number of rotatable bonds is 3. The largest absolute Gasteiger partial charge is 0.457 e. The van der Waals surface area contributed by atoms with Crippen molar-refractivity contribution in [2.45, 2.75) is 20.0 Å². The van der Waals surface area contributed by atoms with Crippen molar-refractivity contribution in [2.75, 3.05) is 0 Å². The van der Waals surface area contributed by atoms with Crippen molar-refractivity contribution in [3.8, 4) is 11.5 Å². The summed E-state index contributed by atoms with van der Waals surface area (Å²) in [5, 5.41) is 9.65. The lowest BCUT2D eigenvalue weighted by Crippen LogP contribution is -1.95. The Hall–Kier alpha value is -1.80. The molecule has 0 aliphatic carbocycles. The summed E-state index contributed by atoms with van der Waals surface area (Å²) in [5.74, 6) is 1.48. The summed E-state index contributed by atoms with van der Waals surface area (Å²) < 4.78 is 5.77. The van der Waals surface area contributed by atoms with Crippen LogP contribution in [0.2, 0.25) is 0 Å². The lowest BCUT2D eigenvalue weighted by Gasteiger charge is -2.12. The first kappa shape index (κ1) is 11.7. The summed E-state index contributed by atoms with van der Waals surface area (Å²) in [5.41, 5.74) is 1.99. The maximum absolute atomic E-state index is 9.65. The molecule has 0 radical (unpaired) electrons. The molecule has 1 unspecified atom stereocenters. The van der Waals surface area contributed by atoms with Crippen molar-refractivity contribution in [3.05, 3.63) is 59.7 Å². The number of hydrogen-bond donors (Lipinski definition) is 1. The standard InChI is InChI=1S/C15H16O2/c1-11-7-9-13(10-8-11)17-15-6-4-3-5-14(15)12(2)16/h3-10,12,16H,1-2H3. The maximum atomic E-state index is 9.65. The summed E-state index contributed by atoms with van der Waals surface area (Å²) >= 11 is 0. The van der Waals surface area contributed by atoms with Crippen molar-refractivity contribution in [1.29, 1.82) is 0 Å². The van der Waals surface area contributed by atoms with Crippen LogP contribution in [0.4, 0.5) is 0 Å². The summed E-state index contributed by atoms with van der Waals surface area (Å²) in [6.45, 7) is 3.77. The molecule has 1 atom stereocenters. The van der Waals surface area contributed by atoms with Crippen LogP contribution in [0.25, 0.3) is 0 Å². The van der Waals surface area contributed by atoms with Crippen LogP contribution >= 0.6 is 0 Å². The van der Waals surface area contributed by atoms with E-state index in [0.29, 0.717) is 5.75 Å². The fourth-order valence-electron chi connectivity index (χ4n) is 1.65. The van der Waals surface area contributed by atoms with Crippen LogP contribution in [0, 0.1) is 6.92 Å². The molecule has 0 saturated carbocycles. The van der Waals surface area contributed by atoms with Gasteiger partial charge in [-0.05, 0) is 32.0 Å². The van der Waals surface area contributed by atoms with E-state index in [4.69, 9.17) is 4.74 Å². The third kappa shape index (κ3) is 2.86. The minimum atomic E-state index is -0.531. The molecule has 0 amide bonds. The molecule has 1 N–H and O–H groups in total. The molecule has 2 rings (SSSR count). The van der Waals surface area contributed by atoms with Gasteiger partial charge in [0.2, 0.25) is 0 Å². The number of hydrogen-bond acceptors (Lipinski definition) is 2. The molecule has 0 bridgehead atoms. The fraction of sp³-hybridized carbons (Fsp3) is 0.200. The fourth-order valence-corrected chi connectivity index (χ4v) is 1.65. The first-order valence-electron chi connectivity index (χ1n) is 5.68. The molecule has 0 saturated heterocycles. The van der Waals surface area contributed by atoms with Gasteiger partial charge in [-0.1, -0.05) is 35.9 Å². The first-order valence-corrected chi connectivity index (χ1v) is 5.68. The van der Waals surface area contributed by atoms with Gasteiger partial charge in [-0.3, -0.25) is 0 Å². The van der Waals surface area contributed by atoms with E-state index >= 15 is 0 Å². The molecule has 2 nitrogen and oxygen atoms in total.